The summed E-state index contributed by atoms with van der Waals surface area (Å²) < 4.78 is 7.72. The molecule has 1 aromatic rings. The van der Waals surface area contributed by atoms with Gasteiger partial charge < -0.3 is 9.30 Å². The summed E-state index contributed by atoms with van der Waals surface area (Å²) in [6.07, 6.45) is 4.81. The van der Waals surface area contributed by atoms with Crippen LogP contribution in [-0.2, 0) is 11.2 Å². The van der Waals surface area contributed by atoms with Crippen molar-refractivity contribution in [2.45, 2.75) is 39.2 Å². The molecule has 1 unspecified atom stereocenters. The van der Waals surface area contributed by atoms with Crippen LogP contribution in [0.3, 0.4) is 0 Å². The lowest BCUT2D eigenvalue weighted by molar-refractivity contribution is 0.0909. The molecule has 0 amide bonds. The average Bonchev–Trinajstić information content (AvgIpc) is 2.82. The Balaban J connectivity index is 2.01. The van der Waals surface area contributed by atoms with Gasteiger partial charge in [-0.1, -0.05) is 13.8 Å². The molecule has 0 radical (unpaired) electrons. The van der Waals surface area contributed by atoms with Crippen LogP contribution in [0, 0.1) is 5.41 Å². The first-order valence-corrected chi connectivity index (χ1v) is 6.37. The highest BCUT2D eigenvalue weighted by Crippen LogP contribution is 2.37. The number of fused-ring (bicyclic) bond motifs is 1. The highest BCUT2D eigenvalue weighted by molar-refractivity contribution is 5.98. The molecule has 0 spiro atoms. The van der Waals surface area contributed by atoms with Gasteiger partial charge in [-0.05, 0) is 24.3 Å². The Labute approximate surface area is 102 Å². The van der Waals surface area contributed by atoms with Gasteiger partial charge in [0.25, 0.3) is 0 Å². The van der Waals surface area contributed by atoms with Gasteiger partial charge >= 0.3 is 0 Å². The predicted molar refractivity (Wildman–Crippen MR) is 65.3 cm³/mol. The number of hydrogen-bond acceptors (Lipinski definition) is 2. The maximum atomic E-state index is 12.1. The van der Waals surface area contributed by atoms with Crippen LogP contribution in [0.15, 0.2) is 12.3 Å². The van der Waals surface area contributed by atoms with E-state index < -0.39 is 0 Å². The molecule has 2 heterocycles. The lowest BCUT2D eigenvalue weighted by Gasteiger charge is -2.30. The number of carbonyl (C=O) groups is 1. The van der Waals surface area contributed by atoms with Crippen LogP contribution in [0.4, 0.5) is 0 Å². The molecule has 1 aliphatic carbocycles. The number of ether oxygens (including phenoxy) is 1. The molecule has 17 heavy (non-hydrogen) atoms. The largest absolute Gasteiger partial charge is 0.379 e. The molecule has 1 saturated heterocycles. The van der Waals surface area contributed by atoms with E-state index in [1.165, 1.54) is 5.69 Å². The van der Waals surface area contributed by atoms with Crippen LogP contribution in [0.2, 0.25) is 0 Å². The summed E-state index contributed by atoms with van der Waals surface area (Å²) in [5.74, 6) is 0.300. The van der Waals surface area contributed by atoms with E-state index >= 15 is 0 Å². The predicted octanol–water partition coefficient (Wildman–Crippen LogP) is 2.60. The molecular weight excluding hydrogens is 214 g/mol. The Morgan fingerprint density at radius 3 is 2.94 bits per heavy atom. The van der Waals surface area contributed by atoms with Crippen molar-refractivity contribution in [3.63, 3.8) is 0 Å². The summed E-state index contributed by atoms with van der Waals surface area (Å²) in [7, 11) is 0. The highest BCUT2D eigenvalue weighted by atomic mass is 16.5. The topological polar surface area (TPSA) is 31.2 Å². The molecule has 3 heteroatoms. The molecule has 2 aliphatic rings. The van der Waals surface area contributed by atoms with E-state index in [0.29, 0.717) is 18.2 Å². The molecule has 0 aromatic carbocycles. The summed E-state index contributed by atoms with van der Waals surface area (Å²) in [6.45, 7) is 5.98. The summed E-state index contributed by atoms with van der Waals surface area (Å²) >= 11 is 0. The zero-order valence-electron chi connectivity index (χ0n) is 10.5. The van der Waals surface area contributed by atoms with E-state index in [1.54, 1.807) is 0 Å². The molecule has 0 bridgehead atoms. The van der Waals surface area contributed by atoms with Crippen molar-refractivity contribution in [2.24, 2.45) is 5.41 Å². The van der Waals surface area contributed by atoms with Crippen LogP contribution < -0.4 is 0 Å². The van der Waals surface area contributed by atoms with Crippen LogP contribution in [0.1, 0.15) is 48.8 Å². The van der Waals surface area contributed by atoms with Gasteiger partial charge in [0.1, 0.15) is 0 Å². The van der Waals surface area contributed by atoms with Crippen molar-refractivity contribution in [3.05, 3.63) is 23.5 Å². The minimum atomic E-state index is 0.0969. The van der Waals surface area contributed by atoms with E-state index in [2.05, 4.69) is 24.6 Å². The number of aromatic nitrogens is 1. The third-order valence-corrected chi connectivity index (χ3v) is 3.91. The van der Waals surface area contributed by atoms with Crippen LogP contribution in [0.5, 0.6) is 0 Å². The minimum Gasteiger partial charge on any atom is -0.379 e. The Kier molecular flexibility index (Phi) is 2.40. The molecule has 1 fully saturated rings. The normalized spacial score (nSPS) is 27.2. The molecule has 1 aromatic heterocycles. The fourth-order valence-electron chi connectivity index (χ4n) is 3.05. The summed E-state index contributed by atoms with van der Waals surface area (Å²) in [4.78, 5) is 12.1. The van der Waals surface area contributed by atoms with E-state index in [-0.39, 0.29) is 5.41 Å². The standard InChI is InChI=1S/C14H19NO2/c1-14(2)7-12-11(13(16)8-14)3-5-15(12)10-4-6-17-9-10/h3,5,10H,4,6-9H2,1-2H3. The van der Waals surface area contributed by atoms with Gasteiger partial charge in [0.05, 0.1) is 12.6 Å². The molecular formula is C14H19NO2. The van der Waals surface area contributed by atoms with Gasteiger partial charge in [0, 0.05) is 30.5 Å². The second-order valence-corrected chi connectivity index (χ2v) is 6.04. The van der Waals surface area contributed by atoms with Gasteiger partial charge in [0.2, 0.25) is 0 Å². The molecule has 1 atom stereocenters. The van der Waals surface area contributed by atoms with Gasteiger partial charge in [-0.15, -0.1) is 0 Å². The van der Waals surface area contributed by atoms with Gasteiger partial charge in [-0.25, -0.2) is 0 Å². The monoisotopic (exact) mass is 233 g/mol. The first-order chi connectivity index (χ1) is 8.07. The summed E-state index contributed by atoms with van der Waals surface area (Å²) in [5, 5.41) is 0. The average molecular weight is 233 g/mol. The number of carbonyl (C=O) groups excluding carboxylic acids is 1. The van der Waals surface area contributed by atoms with Crippen molar-refractivity contribution in [2.75, 3.05) is 13.2 Å². The first-order valence-electron chi connectivity index (χ1n) is 6.37. The maximum absolute atomic E-state index is 12.1. The first kappa shape index (κ1) is 11.0. The van der Waals surface area contributed by atoms with E-state index in [1.807, 2.05) is 6.07 Å². The van der Waals surface area contributed by atoms with Crippen molar-refractivity contribution >= 4 is 5.78 Å². The van der Waals surface area contributed by atoms with Gasteiger partial charge in [-0.2, -0.15) is 0 Å². The SMILES string of the molecule is CC1(C)CC(=O)c2ccn(C3CCOC3)c2C1. The Bertz CT molecular complexity index is 453. The Hall–Kier alpha value is -1.09. The molecule has 0 saturated carbocycles. The van der Waals surface area contributed by atoms with E-state index in [9.17, 15) is 4.79 Å². The third-order valence-electron chi connectivity index (χ3n) is 3.91. The van der Waals surface area contributed by atoms with Gasteiger partial charge in [0.15, 0.2) is 5.78 Å². The van der Waals surface area contributed by atoms with Gasteiger partial charge in [-0.3, -0.25) is 4.79 Å². The lowest BCUT2D eigenvalue weighted by Crippen LogP contribution is -2.28. The number of ketones is 1. The van der Waals surface area contributed by atoms with E-state index in [0.717, 1.165) is 31.6 Å². The molecule has 1 aliphatic heterocycles. The summed E-state index contributed by atoms with van der Waals surface area (Å²) in [5.41, 5.74) is 2.26. The number of rotatable bonds is 1. The molecule has 92 valence electrons. The quantitative estimate of drug-likeness (QED) is 0.746. The lowest BCUT2D eigenvalue weighted by atomic mass is 9.76. The van der Waals surface area contributed by atoms with Crippen LogP contribution >= 0.6 is 0 Å². The third kappa shape index (κ3) is 1.82. The maximum Gasteiger partial charge on any atom is 0.165 e. The highest BCUT2D eigenvalue weighted by Gasteiger charge is 2.34. The van der Waals surface area contributed by atoms with Crippen molar-refractivity contribution in [3.8, 4) is 0 Å². The Morgan fingerprint density at radius 1 is 1.41 bits per heavy atom. The molecule has 3 nitrogen and oxygen atoms in total. The number of nitrogens with zero attached hydrogens (tertiary/aromatic N) is 1. The summed E-state index contributed by atoms with van der Waals surface area (Å²) in [6, 6.07) is 2.42. The zero-order valence-corrected chi connectivity index (χ0v) is 10.5. The molecule has 3 rings (SSSR count). The second-order valence-electron chi connectivity index (χ2n) is 6.04. The van der Waals surface area contributed by atoms with E-state index in [4.69, 9.17) is 4.74 Å². The Morgan fingerprint density at radius 2 is 2.24 bits per heavy atom. The van der Waals surface area contributed by atoms with Crippen molar-refractivity contribution < 1.29 is 9.53 Å². The number of hydrogen-bond donors (Lipinski definition) is 0. The molecule has 0 N–H and O–H groups in total. The fourth-order valence-corrected chi connectivity index (χ4v) is 3.05. The van der Waals surface area contributed by atoms with Crippen LogP contribution in [-0.4, -0.2) is 23.6 Å². The number of Topliss-reactive ketones (excluding diaryl/α,β-unsaturated/α-hetero) is 1. The fraction of sp³-hybridized carbons (Fsp3) is 0.643. The van der Waals surface area contributed by atoms with Crippen LogP contribution in [0.25, 0.3) is 0 Å². The van der Waals surface area contributed by atoms with Crippen molar-refractivity contribution in [1.82, 2.24) is 4.57 Å². The van der Waals surface area contributed by atoms with Crippen molar-refractivity contribution in [1.29, 1.82) is 0 Å². The minimum absolute atomic E-state index is 0.0969. The smallest absolute Gasteiger partial charge is 0.165 e. The zero-order chi connectivity index (χ0) is 12.0. The second kappa shape index (κ2) is 3.70.